The zero-order chi connectivity index (χ0) is 13.4. The van der Waals surface area contributed by atoms with E-state index in [9.17, 15) is 9.59 Å². The zero-order valence-electron chi connectivity index (χ0n) is 9.98. The molecule has 0 atom stereocenters. The Labute approximate surface area is 106 Å². The molecular formula is C13H16N2O3. The molecule has 1 rings (SSSR count). The molecule has 0 radical (unpaired) electrons. The summed E-state index contributed by atoms with van der Waals surface area (Å²) in [6.07, 6.45) is 2.43. The largest absolute Gasteiger partial charge is 0.478 e. The summed E-state index contributed by atoms with van der Waals surface area (Å²) in [5.74, 6) is -0.979. The van der Waals surface area contributed by atoms with Crippen molar-refractivity contribution in [2.24, 2.45) is 0 Å². The number of urea groups is 1. The zero-order valence-corrected chi connectivity index (χ0v) is 9.98. The summed E-state index contributed by atoms with van der Waals surface area (Å²) in [4.78, 5) is 22.1. The molecule has 0 aliphatic heterocycles. The van der Waals surface area contributed by atoms with Crippen LogP contribution < -0.4 is 10.6 Å². The molecule has 0 fully saturated rings. The van der Waals surface area contributed by atoms with Gasteiger partial charge in [-0.05, 0) is 24.1 Å². The lowest BCUT2D eigenvalue weighted by Gasteiger charge is -2.07. The molecule has 1 aromatic carbocycles. The summed E-state index contributed by atoms with van der Waals surface area (Å²) < 4.78 is 0. The number of carboxylic acids is 1. The minimum absolute atomic E-state index is 0.210. The van der Waals surface area contributed by atoms with Gasteiger partial charge in [-0.15, -0.1) is 6.58 Å². The molecule has 2 amide bonds. The van der Waals surface area contributed by atoms with Crippen molar-refractivity contribution in [2.75, 3.05) is 6.54 Å². The summed E-state index contributed by atoms with van der Waals surface area (Å²) in [6.45, 7) is 4.37. The Morgan fingerprint density at radius 3 is 2.78 bits per heavy atom. The number of amides is 2. The number of carbonyl (C=O) groups excluding carboxylic acids is 1. The van der Waals surface area contributed by atoms with Gasteiger partial charge in [0, 0.05) is 13.1 Å². The summed E-state index contributed by atoms with van der Waals surface area (Å²) >= 11 is 0. The monoisotopic (exact) mass is 248 g/mol. The molecule has 3 N–H and O–H groups in total. The van der Waals surface area contributed by atoms with Crippen LogP contribution in [0.25, 0.3) is 0 Å². The molecule has 0 spiro atoms. The first kappa shape index (κ1) is 13.8. The van der Waals surface area contributed by atoms with Crippen molar-refractivity contribution in [1.29, 1.82) is 0 Å². The molecule has 0 saturated heterocycles. The molecule has 0 saturated carbocycles. The lowest BCUT2D eigenvalue weighted by molar-refractivity contribution is 0.0696. The van der Waals surface area contributed by atoms with Gasteiger partial charge < -0.3 is 15.7 Å². The minimum atomic E-state index is -0.979. The Balaban J connectivity index is 2.43. The molecule has 96 valence electrons. The van der Waals surface area contributed by atoms with E-state index in [1.807, 2.05) is 0 Å². The van der Waals surface area contributed by atoms with Crippen molar-refractivity contribution in [3.8, 4) is 0 Å². The molecule has 18 heavy (non-hydrogen) atoms. The van der Waals surface area contributed by atoms with E-state index in [0.29, 0.717) is 19.5 Å². The van der Waals surface area contributed by atoms with Crippen molar-refractivity contribution in [1.82, 2.24) is 10.6 Å². The van der Waals surface area contributed by atoms with Gasteiger partial charge in [0.05, 0.1) is 5.56 Å². The van der Waals surface area contributed by atoms with Crippen molar-refractivity contribution in [3.05, 3.63) is 48.0 Å². The fourth-order valence-electron chi connectivity index (χ4n) is 1.35. The van der Waals surface area contributed by atoms with E-state index >= 15 is 0 Å². The number of nitrogens with one attached hydrogen (secondary N) is 2. The van der Waals surface area contributed by atoms with E-state index in [-0.39, 0.29) is 11.6 Å². The van der Waals surface area contributed by atoms with Crippen LogP contribution in [0.1, 0.15) is 22.3 Å². The molecule has 0 aliphatic carbocycles. The van der Waals surface area contributed by atoms with Crippen molar-refractivity contribution >= 4 is 12.0 Å². The average Bonchev–Trinajstić information content (AvgIpc) is 2.37. The summed E-state index contributed by atoms with van der Waals surface area (Å²) in [5.41, 5.74) is 0.954. The number of hydrogen-bond acceptors (Lipinski definition) is 2. The standard InChI is InChI=1S/C13H16N2O3/c1-2-3-7-14-13(18)15-9-10-5-4-6-11(8-10)12(16)17/h2,4-6,8H,1,3,7,9H2,(H,16,17)(H2,14,15,18). The van der Waals surface area contributed by atoms with E-state index in [4.69, 9.17) is 5.11 Å². The molecule has 0 unspecified atom stereocenters. The Kier molecular flexibility index (Phi) is 5.44. The highest BCUT2D eigenvalue weighted by Crippen LogP contribution is 2.04. The number of carbonyl (C=O) groups is 2. The maximum atomic E-state index is 11.3. The maximum absolute atomic E-state index is 11.3. The molecule has 0 aliphatic rings. The average molecular weight is 248 g/mol. The number of rotatable bonds is 6. The fourth-order valence-corrected chi connectivity index (χ4v) is 1.35. The first-order valence-electron chi connectivity index (χ1n) is 5.58. The van der Waals surface area contributed by atoms with Crippen LogP contribution in [0.15, 0.2) is 36.9 Å². The Hall–Kier alpha value is -2.30. The first-order valence-corrected chi connectivity index (χ1v) is 5.58. The number of aromatic carboxylic acids is 1. The molecule has 5 nitrogen and oxygen atoms in total. The lowest BCUT2D eigenvalue weighted by Crippen LogP contribution is -2.35. The van der Waals surface area contributed by atoms with Gasteiger partial charge in [-0.1, -0.05) is 18.2 Å². The Morgan fingerprint density at radius 2 is 2.11 bits per heavy atom. The second-order valence-corrected chi connectivity index (χ2v) is 3.69. The van der Waals surface area contributed by atoms with Crippen molar-refractivity contribution in [2.45, 2.75) is 13.0 Å². The van der Waals surface area contributed by atoms with Crippen molar-refractivity contribution < 1.29 is 14.7 Å². The maximum Gasteiger partial charge on any atom is 0.335 e. The normalized spacial score (nSPS) is 9.56. The summed E-state index contributed by atoms with van der Waals surface area (Å²) in [7, 11) is 0. The third-order valence-corrected chi connectivity index (χ3v) is 2.26. The lowest BCUT2D eigenvalue weighted by atomic mass is 10.1. The summed E-state index contributed by atoms with van der Waals surface area (Å²) in [5, 5.41) is 14.1. The van der Waals surface area contributed by atoms with Crippen LogP contribution in [0.3, 0.4) is 0 Å². The highest BCUT2D eigenvalue weighted by Gasteiger charge is 2.04. The molecular weight excluding hydrogens is 232 g/mol. The molecule has 0 aromatic heterocycles. The van der Waals surface area contributed by atoms with E-state index in [2.05, 4.69) is 17.2 Å². The third-order valence-electron chi connectivity index (χ3n) is 2.26. The van der Waals surface area contributed by atoms with E-state index in [1.54, 1.807) is 18.2 Å². The second kappa shape index (κ2) is 7.11. The number of hydrogen-bond donors (Lipinski definition) is 3. The van der Waals surface area contributed by atoms with Crippen LogP contribution in [0, 0.1) is 0 Å². The Bertz CT molecular complexity index is 444. The topological polar surface area (TPSA) is 78.4 Å². The van der Waals surface area contributed by atoms with Gasteiger partial charge in [-0.2, -0.15) is 0 Å². The predicted molar refractivity (Wildman–Crippen MR) is 68.5 cm³/mol. The van der Waals surface area contributed by atoms with Gasteiger partial charge >= 0.3 is 12.0 Å². The van der Waals surface area contributed by atoms with Gasteiger partial charge in [-0.25, -0.2) is 9.59 Å². The molecule has 1 aromatic rings. The van der Waals surface area contributed by atoms with Crippen LogP contribution in [0.5, 0.6) is 0 Å². The molecule has 0 heterocycles. The minimum Gasteiger partial charge on any atom is -0.478 e. The van der Waals surface area contributed by atoms with Crippen LogP contribution in [0.4, 0.5) is 4.79 Å². The van der Waals surface area contributed by atoms with Crippen LogP contribution in [-0.4, -0.2) is 23.7 Å². The van der Waals surface area contributed by atoms with Gasteiger partial charge in [0.15, 0.2) is 0 Å². The van der Waals surface area contributed by atoms with E-state index in [1.165, 1.54) is 12.1 Å². The predicted octanol–water partition coefficient (Wildman–Crippen LogP) is 1.76. The fraction of sp³-hybridized carbons (Fsp3) is 0.231. The smallest absolute Gasteiger partial charge is 0.335 e. The highest BCUT2D eigenvalue weighted by molar-refractivity contribution is 5.87. The van der Waals surface area contributed by atoms with Crippen molar-refractivity contribution in [3.63, 3.8) is 0 Å². The van der Waals surface area contributed by atoms with Gasteiger partial charge in [0.1, 0.15) is 0 Å². The van der Waals surface area contributed by atoms with Crippen LogP contribution in [0.2, 0.25) is 0 Å². The summed E-state index contributed by atoms with van der Waals surface area (Å²) in [6, 6.07) is 6.17. The van der Waals surface area contributed by atoms with Crippen LogP contribution >= 0.6 is 0 Å². The van der Waals surface area contributed by atoms with Gasteiger partial charge in [-0.3, -0.25) is 0 Å². The highest BCUT2D eigenvalue weighted by atomic mass is 16.4. The molecule has 0 bridgehead atoms. The van der Waals surface area contributed by atoms with Crippen LogP contribution in [-0.2, 0) is 6.54 Å². The van der Waals surface area contributed by atoms with Gasteiger partial charge in [0.2, 0.25) is 0 Å². The SMILES string of the molecule is C=CCCNC(=O)NCc1cccc(C(=O)O)c1. The third kappa shape index (κ3) is 4.69. The quantitative estimate of drug-likeness (QED) is 0.530. The number of carboxylic acid groups (broad SMARTS) is 1. The molecule has 5 heteroatoms. The van der Waals surface area contributed by atoms with E-state index in [0.717, 1.165) is 5.56 Å². The second-order valence-electron chi connectivity index (χ2n) is 3.69. The number of benzene rings is 1. The van der Waals surface area contributed by atoms with E-state index < -0.39 is 5.97 Å². The van der Waals surface area contributed by atoms with Gasteiger partial charge in [0.25, 0.3) is 0 Å². The first-order chi connectivity index (χ1) is 8.63. The Morgan fingerprint density at radius 1 is 1.33 bits per heavy atom.